The van der Waals surface area contributed by atoms with Gasteiger partial charge in [-0.3, -0.25) is 14.5 Å². The van der Waals surface area contributed by atoms with Gasteiger partial charge in [-0.25, -0.2) is 8.78 Å². The summed E-state index contributed by atoms with van der Waals surface area (Å²) in [5.41, 5.74) is 5.09. The van der Waals surface area contributed by atoms with Gasteiger partial charge in [0.1, 0.15) is 0 Å². The van der Waals surface area contributed by atoms with Crippen LogP contribution in [-0.4, -0.2) is 28.2 Å². The van der Waals surface area contributed by atoms with Crippen LogP contribution in [0.3, 0.4) is 0 Å². The van der Waals surface area contributed by atoms with Crippen LogP contribution in [0, 0.1) is 11.6 Å². The Morgan fingerprint density at radius 3 is 2.05 bits per heavy atom. The molecule has 0 unspecified atom stereocenters. The number of nitrogens with zero attached hydrogens (tertiary/aromatic N) is 1. The summed E-state index contributed by atoms with van der Waals surface area (Å²) in [6.45, 7) is 0.118. The van der Waals surface area contributed by atoms with Crippen LogP contribution in [-0.2, 0) is 0 Å². The van der Waals surface area contributed by atoms with Gasteiger partial charge in [-0.05, 0) is 25.0 Å². The number of benzene rings is 1. The Hall–Kier alpha value is -1.89. The summed E-state index contributed by atoms with van der Waals surface area (Å²) in [7, 11) is 0. The molecule has 100 valence electrons. The zero-order chi connectivity index (χ0) is 14.2. The molecule has 0 aliphatic carbocycles. The number of imide groups is 1. The Kier molecular flexibility index (Phi) is 3.57. The fourth-order valence-corrected chi connectivity index (χ4v) is 2.04. The van der Waals surface area contributed by atoms with Crippen LogP contribution in [0.5, 0.6) is 0 Å². The van der Waals surface area contributed by atoms with Crippen LogP contribution >= 0.6 is 12.2 Å². The zero-order valence-corrected chi connectivity index (χ0v) is 10.6. The molecular formula is C12H10F2N2O2S. The number of rotatable bonds is 4. The number of hydrogen-bond acceptors (Lipinski definition) is 3. The number of nitrogens with two attached hydrogens (primary N) is 1. The fourth-order valence-electron chi connectivity index (χ4n) is 1.90. The molecule has 1 aliphatic heterocycles. The van der Waals surface area contributed by atoms with Gasteiger partial charge in [-0.15, -0.1) is 0 Å². The van der Waals surface area contributed by atoms with E-state index in [1.807, 2.05) is 0 Å². The summed E-state index contributed by atoms with van der Waals surface area (Å²) >= 11 is 4.69. The highest BCUT2D eigenvalue weighted by Crippen LogP contribution is 2.25. The standard InChI is InChI=1S/C12H10F2N2O2S/c13-8-4-6-7(5-9(8)14)12(18)16(11(6)17)3-1-2-10(15)19/h4-5H,1-3H2,(H2,15,19). The minimum Gasteiger partial charge on any atom is -0.393 e. The lowest BCUT2D eigenvalue weighted by Crippen LogP contribution is -2.31. The van der Waals surface area contributed by atoms with Crippen molar-refractivity contribution in [3.63, 3.8) is 0 Å². The normalized spacial score (nSPS) is 13.9. The van der Waals surface area contributed by atoms with E-state index in [2.05, 4.69) is 12.2 Å². The molecule has 19 heavy (non-hydrogen) atoms. The van der Waals surface area contributed by atoms with Crippen molar-refractivity contribution in [2.45, 2.75) is 12.8 Å². The van der Waals surface area contributed by atoms with Crippen LogP contribution in [0.15, 0.2) is 12.1 Å². The largest absolute Gasteiger partial charge is 0.393 e. The number of hydrogen-bond donors (Lipinski definition) is 1. The van der Waals surface area contributed by atoms with E-state index in [-0.39, 0.29) is 22.7 Å². The maximum absolute atomic E-state index is 13.1. The number of carbonyl (C=O) groups is 2. The van der Waals surface area contributed by atoms with Crippen molar-refractivity contribution in [2.75, 3.05) is 6.54 Å². The first-order valence-corrected chi connectivity index (χ1v) is 5.96. The first kappa shape index (κ1) is 13.5. The van der Waals surface area contributed by atoms with Gasteiger partial charge in [0.2, 0.25) is 0 Å². The molecule has 0 bridgehead atoms. The van der Waals surface area contributed by atoms with E-state index in [9.17, 15) is 18.4 Å². The summed E-state index contributed by atoms with van der Waals surface area (Å²) in [4.78, 5) is 25.0. The lowest BCUT2D eigenvalue weighted by Gasteiger charge is -2.12. The lowest BCUT2D eigenvalue weighted by molar-refractivity contribution is 0.0653. The van der Waals surface area contributed by atoms with Crippen molar-refractivity contribution in [2.24, 2.45) is 5.73 Å². The smallest absolute Gasteiger partial charge is 0.261 e. The van der Waals surface area contributed by atoms with Gasteiger partial charge in [0, 0.05) is 6.54 Å². The summed E-state index contributed by atoms with van der Waals surface area (Å²) in [6, 6.07) is 1.50. The SMILES string of the molecule is NC(=S)CCCN1C(=O)c2cc(F)c(F)cc2C1=O. The van der Waals surface area contributed by atoms with Crippen molar-refractivity contribution in [3.8, 4) is 0 Å². The highest BCUT2D eigenvalue weighted by molar-refractivity contribution is 7.80. The lowest BCUT2D eigenvalue weighted by atomic mass is 10.1. The molecule has 2 rings (SSSR count). The van der Waals surface area contributed by atoms with E-state index in [4.69, 9.17) is 5.73 Å². The Morgan fingerprint density at radius 1 is 1.16 bits per heavy atom. The van der Waals surface area contributed by atoms with E-state index >= 15 is 0 Å². The predicted molar refractivity (Wildman–Crippen MR) is 67.7 cm³/mol. The van der Waals surface area contributed by atoms with Gasteiger partial charge in [0.05, 0.1) is 16.1 Å². The minimum absolute atomic E-state index is 0.112. The third kappa shape index (κ3) is 2.46. The van der Waals surface area contributed by atoms with Gasteiger partial charge in [-0.1, -0.05) is 12.2 Å². The summed E-state index contributed by atoms with van der Waals surface area (Å²) in [6.07, 6.45) is 0.817. The molecule has 2 amide bonds. The highest BCUT2D eigenvalue weighted by Gasteiger charge is 2.36. The van der Waals surface area contributed by atoms with Crippen LogP contribution in [0.25, 0.3) is 0 Å². The molecule has 1 aromatic carbocycles. The number of amides is 2. The minimum atomic E-state index is -1.15. The Balaban J connectivity index is 2.22. The second-order valence-corrected chi connectivity index (χ2v) is 4.67. The highest BCUT2D eigenvalue weighted by atomic mass is 32.1. The third-order valence-corrected chi connectivity index (χ3v) is 3.02. The van der Waals surface area contributed by atoms with Crippen LogP contribution in [0.1, 0.15) is 33.6 Å². The Bertz CT molecular complexity index is 548. The molecule has 0 fully saturated rings. The van der Waals surface area contributed by atoms with E-state index in [1.165, 1.54) is 0 Å². The Morgan fingerprint density at radius 2 is 1.63 bits per heavy atom. The molecule has 1 heterocycles. The second kappa shape index (κ2) is 5.00. The van der Waals surface area contributed by atoms with Crippen molar-refractivity contribution in [1.29, 1.82) is 0 Å². The second-order valence-electron chi connectivity index (χ2n) is 4.14. The first-order chi connectivity index (χ1) is 8.91. The Labute approximate surface area is 113 Å². The van der Waals surface area contributed by atoms with E-state index < -0.39 is 23.4 Å². The molecule has 0 saturated heterocycles. The zero-order valence-electron chi connectivity index (χ0n) is 9.78. The predicted octanol–water partition coefficient (Wildman–Crippen LogP) is 1.63. The molecule has 4 nitrogen and oxygen atoms in total. The molecule has 1 aromatic rings. The van der Waals surface area contributed by atoms with Gasteiger partial charge >= 0.3 is 0 Å². The molecule has 2 N–H and O–H groups in total. The van der Waals surface area contributed by atoms with E-state index in [0.29, 0.717) is 12.8 Å². The number of fused-ring (bicyclic) bond motifs is 1. The van der Waals surface area contributed by atoms with Crippen molar-refractivity contribution in [3.05, 3.63) is 34.9 Å². The van der Waals surface area contributed by atoms with Gasteiger partial charge in [-0.2, -0.15) is 0 Å². The van der Waals surface area contributed by atoms with Crippen LogP contribution < -0.4 is 5.73 Å². The molecule has 1 aliphatic rings. The number of halogens is 2. The molecule has 0 saturated carbocycles. The topological polar surface area (TPSA) is 63.4 Å². The molecule has 0 aromatic heterocycles. The first-order valence-electron chi connectivity index (χ1n) is 5.55. The molecular weight excluding hydrogens is 274 g/mol. The van der Waals surface area contributed by atoms with Gasteiger partial charge in [0.25, 0.3) is 11.8 Å². The fraction of sp³-hybridized carbons (Fsp3) is 0.250. The van der Waals surface area contributed by atoms with Crippen LogP contribution in [0.2, 0.25) is 0 Å². The van der Waals surface area contributed by atoms with Gasteiger partial charge in [0.15, 0.2) is 11.6 Å². The average molecular weight is 284 g/mol. The third-order valence-electron chi connectivity index (χ3n) is 2.82. The van der Waals surface area contributed by atoms with E-state index in [0.717, 1.165) is 17.0 Å². The maximum atomic E-state index is 13.1. The molecule has 7 heteroatoms. The number of carbonyl (C=O) groups excluding carboxylic acids is 2. The maximum Gasteiger partial charge on any atom is 0.261 e. The monoisotopic (exact) mass is 284 g/mol. The van der Waals surface area contributed by atoms with Crippen molar-refractivity contribution >= 4 is 29.0 Å². The molecule has 0 atom stereocenters. The average Bonchev–Trinajstić information content (AvgIpc) is 2.55. The van der Waals surface area contributed by atoms with E-state index in [1.54, 1.807) is 0 Å². The molecule has 0 radical (unpaired) electrons. The summed E-state index contributed by atoms with van der Waals surface area (Å²) in [5, 5.41) is 0. The van der Waals surface area contributed by atoms with Gasteiger partial charge < -0.3 is 5.73 Å². The van der Waals surface area contributed by atoms with Crippen LogP contribution in [0.4, 0.5) is 8.78 Å². The van der Waals surface area contributed by atoms with Crippen molar-refractivity contribution in [1.82, 2.24) is 4.90 Å². The molecule has 0 spiro atoms. The summed E-state index contributed by atoms with van der Waals surface area (Å²) < 4.78 is 26.1. The quantitative estimate of drug-likeness (QED) is 0.674. The summed E-state index contributed by atoms with van der Waals surface area (Å²) in [5.74, 6) is -3.54. The van der Waals surface area contributed by atoms with Crippen molar-refractivity contribution < 1.29 is 18.4 Å². The number of thiocarbonyl (C=S) groups is 1.